The molecule has 0 saturated carbocycles. The van der Waals surface area contributed by atoms with Crippen molar-refractivity contribution >= 4 is 21.6 Å². The number of benzene rings is 2. The third-order valence-corrected chi connectivity index (χ3v) is 6.54. The summed E-state index contributed by atoms with van der Waals surface area (Å²) in [5.74, 6) is 1.22. The van der Waals surface area contributed by atoms with Crippen LogP contribution in [0.4, 0.5) is 5.69 Å². The highest BCUT2D eigenvalue weighted by Gasteiger charge is 2.22. The van der Waals surface area contributed by atoms with E-state index in [1.54, 1.807) is 19.1 Å². The van der Waals surface area contributed by atoms with Crippen LogP contribution in [0.15, 0.2) is 41.3 Å². The van der Waals surface area contributed by atoms with Crippen molar-refractivity contribution in [3.63, 3.8) is 0 Å². The Kier molecular flexibility index (Phi) is 7.56. The first kappa shape index (κ1) is 23.1. The van der Waals surface area contributed by atoms with E-state index in [1.165, 1.54) is 6.07 Å². The minimum Gasteiger partial charge on any atom is -0.490 e. The monoisotopic (exact) mass is 446 g/mol. The smallest absolute Gasteiger partial charge is 0.241 e. The number of anilines is 1. The van der Waals surface area contributed by atoms with Gasteiger partial charge in [0.2, 0.25) is 15.9 Å². The van der Waals surface area contributed by atoms with E-state index in [9.17, 15) is 13.2 Å². The molecule has 1 aliphatic rings. The number of amides is 1. The molecule has 0 unspecified atom stereocenters. The molecule has 2 N–H and O–H groups in total. The molecule has 0 aliphatic carbocycles. The molecule has 0 radical (unpaired) electrons. The standard InChI is InChI=1S/C23H30N2O5S/c1-4-12-29-21-10-6-17(15-22(21)30-13-5-2)16(3)25-31(27,28)19-8-9-20-18(14-19)7-11-23(26)24-20/h6,8-10,14-16,25H,4-5,7,11-13H2,1-3H3,(H,24,26)/t16-/m0/s1. The fourth-order valence-corrected chi connectivity index (χ4v) is 4.63. The van der Waals surface area contributed by atoms with Gasteiger partial charge in [0.25, 0.3) is 0 Å². The number of sulfonamides is 1. The van der Waals surface area contributed by atoms with Crippen molar-refractivity contribution in [3.8, 4) is 11.5 Å². The van der Waals surface area contributed by atoms with Gasteiger partial charge in [-0.25, -0.2) is 13.1 Å². The molecular weight excluding hydrogens is 416 g/mol. The Hall–Kier alpha value is -2.58. The Balaban J connectivity index is 1.79. The van der Waals surface area contributed by atoms with Crippen LogP contribution in [0, 0.1) is 0 Å². The van der Waals surface area contributed by atoms with Gasteiger partial charge >= 0.3 is 0 Å². The summed E-state index contributed by atoms with van der Waals surface area (Å²) in [5, 5.41) is 2.77. The minimum atomic E-state index is -3.74. The lowest BCUT2D eigenvalue weighted by atomic mass is 10.0. The summed E-state index contributed by atoms with van der Waals surface area (Å²) in [6.07, 6.45) is 2.62. The first-order valence-corrected chi connectivity index (χ1v) is 12.2. The predicted octanol–water partition coefficient (Wildman–Crippen LogP) is 4.19. The largest absolute Gasteiger partial charge is 0.490 e. The Morgan fingerprint density at radius 1 is 1.00 bits per heavy atom. The molecule has 168 valence electrons. The van der Waals surface area contributed by atoms with Crippen LogP contribution >= 0.6 is 0 Å². The number of ether oxygens (including phenoxy) is 2. The van der Waals surface area contributed by atoms with E-state index in [2.05, 4.69) is 10.0 Å². The van der Waals surface area contributed by atoms with Crippen LogP contribution in [0.3, 0.4) is 0 Å². The molecule has 7 nitrogen and oxygen atoms in total. The molecular formula is C23H30N2O5S. The summed E-state index contributed by atoms with van der Waals surface area (Å²) in [5.41, 5.74) is 2.27. The Morgan fingerprint density at radius 3 is 2.42 bits per heavy atom. The van der Waals surface area contributed by atoms with Gasteiger partial charge in [-0.3, -0.25) is 4.79 Å². The number of hydrogen-bond acceptors (Lipinski definition) is 5. The van der Waals surface area contributed by atoms with Crippen LogP contribution in [-0.2, 0) is 21.2 Å². The third-order valence-electron chi connectivity index (χ3n) is 5.01. The number of aryl methyl sites for hydroxylation is 1. The zero-order valence-corrected chi connectivity index (χ0v) is 19.1. The normalized spacial score (nSPS) is 14.5. The molecule has 2 aromatic carbocycles. The van der Waals surface area contributed by atoms with Gasteiger partial charge < -0.3 is 14.8 Å². The zero-order valence-electron chi connectivity index (χ0n) is 18.2. The van der Waals surface area contributed by atoms with Crippen molar-refractivity contribution in [2.75, 3.05) is 18.5 Å². The average molecular weight is 447 g/mol. The van der Waals surface area contributed by atoms with E-state index in [-0.39, 0.29) is 10.8 Å². The fourth-order valence-electron chi connectivity index (χ4n) is 3.35. The Labute approximate surface area is 184 Å². The van der Waals surface area contributed by atoms with Gasteiger partial charge in [0.15, 0.2) is 11.5 Å². The van der Waals surface area contributed by atoms with E-state index >= 15 is 0 Å². The third kappa shape index (κ3) is 5.77. The van der Waals surface area contributed by atoms with Gasteiger partial charge in [-0.15, -0.1) is 0 Å². The average Bonchev–Trinajstić information content (AvgIpc) is 2.75. The SMILES string of the molecule is CCCOc1ccc([C@H](C)NS(=O)(=O)c2ccc3c(c2)CCC(=O)N3)cc1OCCC. The molecule has 8 heteroatoms. The summed E-state index contributed by atoms with van der Waals surface area (Å²) in [7, 11) is -3.74. The summed E-state index contributed by atoms with van der Waals surface area (Å²) >= 11 is 0. The highest BCUT2D eigenvalue weighted by molar-refractivity contribution is 7.89. The zero-order chi connectivity index (χ0) is 22.4. The van der Waals surface area contributed by atoms with Crippen molar-refractivity contribution in [3.05, 3.63) is 47.5 Å². The number of carbonyl (C=O) groups excluding carboxylic acids is 1. The van der Waals surface area contributed by atoms with Crippen molar-refractivity contribution in [1.29, 1.82) is 0 Å². The molecule has 2 aromatic rings. The summed E-state index contributed by atoms with van der Waals surface area (Å²) < 4.78 is 40.3. The maximum atomic E-state index is 13.0. The van der Waals surface area contributed by atoms with Crippen LogP contribution in [0.25, 0.3) is 0 Å². The van der Waals surface area contributed by atoms with E-state index in [4.69, 9.17) is 9.47 Å². The van der Waals surface area contributed by atoms with E-state index < -0.39 is 16.1 Å². The summed E-state index contributed by atoms with van der Waals surface area (Å²) in [4.78, 5) is 11.7. The van der Waals surface area contributed by atoms with Gasteiger partial charge in [0.1, 0.15) is 0 Å². The second-order valence-electron chi connectivity index (χ2n) is 7.61. The van der Waals surface area contributed by atoms with E-state index in [0.717, 1.165) is 24.0 Å². The minimum absolute atomic E-state index is 0.0534. The van der Waals surface area contributed by atoms with Crippen molar-refractivity contribution < 1.29 is 22.7 Å². The van der Waals surface area contributed by atoms with Crippen LogP contribution < -0.4 is 19.5 Å². The first-order chi connectivity index (χ1) is 14.8. The predicted molar refractivity (Wildman–Crippen MR) is 120 cm³/mol. The highest BCUT2D eigenvalue weighted by Crippen LogP contribution is 2.32. The maximum Gasteiger partial charge on any atom is 0.241 e. The van der Waals surface area contributed by atoms with Gasteiger partial charge in [-0.2, -0.15) is 0 Å². The molecule has 1 atom stereocenters. The van der Waals surface area contributed by atoms with Crippen molar-refractivity contribution in [2.24, 2.45) is 0 Å². The number of rotatable bonds is 10. The molecule has 0 bridgehead atoms. The van der Waals surface area contributed by atoms with Crippen LogP contribution in [-0.4, -0.2) is 27.5 Å². The fraction of sp³-hybridized carbons (Fsp3) is 0.435. The second kappa shape index (κ2) is 10.2. The Morgan fingerprint density at radius 2 is 1.71 bits per heavy atom. The summed E-state index contributed by atoms with van der Waals surface area (Å²) in [6.45, 7) is 6.99. The highest BCUT2D eigenvalue weighted by atomic mass is 32.2. The van der Waals surface area contributed by atoms with Crippen LogP contribution in [0.5, 0.6) is 11.5 Å². The lowest BCUT2D eigenvalue weighted by molar-refractivity contribution is -0.116. The molecule has 0 saturated heterocycles. The maximum absolute atomic E-state index is 13.0. The first-order valence-electron chi connectivity index (χ1n) is 10.7. The topological polar surface area (TPSA) is 93.7 Å². The van der Waals surface area contributed by atoms with Gasteiger partial charge in [0.05, 0.1) is 18.1 Å². The molecule has 31 heavy (non-hydrogen) atoms. The molecule has 1 amide bonds. The van der Waals surface area contributed by atoms with E-state index in [1.807, 2.05) is 32.0 Å². The number of fused-ring (bicyclic) bond motifs is 1. The van der Waals surface area contributed by atoms with Crippen LogP contribution in [0.2, 0.25) is 0 Å². The number of carbonyl (C=O) groups is 1. The molecule has 0 aromatic heterocycles. The summed E-state index contributed by atoms with van der Waals surface area (Å²) in [6, 6.07) is 9.81. The lowest BCUT2D eigenvalue weighted by Crippen LogP contribution is -2.27. The van der Waals surface area contributed by atoms with Gasteiger partial charge in [-0.05, 0) is 67.6 Å². The molecule has 1 aliphatic heterocycles. The number of hydrogen-bond donors (Lipinski definition) is 2. The quantitative estimate of drug-likeness (QED) is 0.571. The molecule has 1 heterocycles. The number of nitrogens with one attached hydrogen (secondary N) is 2. The van der Waals surface area contributed by atoms with Gasteiger partial charge in [-0.1, -0.05) is 19.9 Å². The lowest BCUT2D eigenvalue weighted by Gasteiger charge is -2.20. The molecule has 3 rings (SSSR count). The molecule has 0 spiro atoms. The van der Waals surface area contributed by atoms with Crippen molar-refractivity contribution in [2.45, 2.75) is 57.4 Å². The van der Waals surface area contributed by atoms with Crippen molar-refractivity contribution in [1.82, 2.24) is 4.72 Å². The van der Waals surface area contributed by atoms with E-state index in [0.29, 0.717) is 43.2 Å². The Bertz CT molecular complexity index is 1040. The van der Waals surface area contributed by atoms with Gasteiger partial charge in [0, 0.05) is 18.2 Å². The molecule has 0 fully saturated rings. The second-order valence-corrected chi connectivity index (χ2v) is 9.33. The van der Waals surface area contributed by atoms with Crippen LogP contribution in [0.1, 0.15) is 57.2 Å².